The lowest BCUT2D eigenvalue weighted by Crippen LogP contribution is -2.22. The number of benzene rings is 1. The highest BCUT2D eigenvalue weighted by molar-refractivity contribution is 7.80. The van der Waals surface area contributed by atoms with Gasteiger partial charge in [0.1, 0.15) is 5.60 Å². The van der Waals surface area contributed by atoms with Crippen molar-refractivity contribution in [3.05, 3.63) is 35.9 Å². The summed E-state index contributed by atoms with van der Waals surface area (Å²) in [4.78, 5) is 0. The van der Waals surface area contributed by atoms with E-state index >= 15 is 0 Å². The van der Waals surface area contributed by atoms with Crippen molar-refractivity contribution in [1.29, 1.82) is 0 Å². The molecule has 94 valence electrons. The van der Waals surface area contributed by atoms with Crippen LogP contribution in [-0.2, 0) is 11.2 Å². The summed E-state index contributed by atoms with van der Waals surface area (Å²) in [5.41, 5.74) is 1.24. The molecular formula is C15H22OS. The Kier molecular flexibility index (Phi) is 5.63. The van der Waals surface area contributed by atoms with E-state index in [9.17, 15) is 0 Å². The molecule has 0 radical (unpaired) electrons. The highest BCUT2D eigenvalue weighted by Gasteiger charge is 2.12. The summed E-state index contributed by atoms with van der Waals surface area (Å²) < 4.78 is 5.62. The average Bonchev–Trinajstić information content (AvgIpc) is 2.23. The zero-order chi connectivity index (χ0) is 12.7. The van der Waals surface area contributed by atoms with E-state index in [1.54, 1.807) is 0 Å². The summed E-state index contributed by atoms with van der Waals surface area (Å²) in [7, 11) is 0. The molecule has 0 spiro atoms. The molecule has 0 aromatic heterocycles. The highest BCUT2D eigenvalue weighted by atomic mass is 32.1. The molecule has 0 bridgehead atoms. The third-order valence-electron chi connectivity index (χ3n) is 2.36. The van der Waals surface area contributed by atoms with Gasteiger partial charge in [-0.1, -0.05) is 30.3 Å². The van der Waals surface area contributed by atoms with Gasteiger partial charge in [-0.15, -0.1) is 0 Å². The van der Waals surface area contributed by atoms with Gasteiger partial charge in [-0.25, -0.2) is 0 Å². The van der Waals surface area contributed by atoms with Crippen LogP contribution >= 0.6 is 12.2 Å². The molecule has 1 nitrogen and oxygen atoms in total. The molecule has 0 saturated carbocycles. The van der Waals surface area contributed by atoms with Crippen LogP contribution in [0.5, 0.6) is 0 Å². The molecule has 0 saturated heterocycles. The van der Waals surface area contributed by atoms with Crippen molar-refractivity contribution in [2.24, 2.45) is 0 Å². The average molecular weight is 250 g/mol. The topological polar surface area (TPSA) is 9.23 Å². The van der Waals surface area contributed by atoms with Gasteiger partial charge < -0.3 is 4.74 Å². The standard InChI is InChI=1S/C15H22OS/c1-15(2,3)16-14(17)12-8-7-11-13-9-5-4-6-10-13/h4-6,9-10H,7-8,11-12H2,1-3H3. The number of unbranched alkanes of at least 4 members (excludes halogenated alkanes) is 1. The zero-order valence-corrected chi connectivity index (χ0v) is 11.8. The lowest BCUT2D eigenvalue weighted by atomic mass is 10.1. The predicted molar refractivity (Wildman–Crippen MR) is 77.4 cm³/mol. The monoisotopic (exact) mass is 250 g/mol. The SMILES string of the molecule is CC(C)(C)OC(=S)CCCCc1ccccc1. The zero-order valence-electron chi connectivity index (χ0n) is 11.0. The molecule has 0 unspecified atom stereocenters. The molecule has 0 amide bonds. The summed E-state index contributed by atoms with van der Waals surface area (Å²) in [6, 6.07) is 10.6. The van der Waals surface area contributed by atoms with Crippen LogP contribution in [0.25, 0.3) is 0 Å². The van der Waals surface area contributed by atoms with Crippen molar-refractivity contribution in [2.45, 2.75) is 52.1 Å². The summed E-state index contributed by atoms with van der Waals surface area (Å²) in [6.45, 7) is 6.09. The quantitative estimate of drug-likeness (QED) is 0.560. The number of thiocarbonyl (C=S) groups is 1. The highest BCUT2D eigenvalue weighted by Crippen LogP contribution is 2.12. The van der Waals surface area contributed by atoms with Crippen LogP contribution in [0.15, 0.2) is 30.3 Å². The molecule has 1 rings (SSSR count). The second-order valence-electron chi connectivity index (χ2n) is 5.28. The van der Waals surface area contributed by atoms with Crippen LogP contribution in [0, 0.1) is 0 Å². The first-order valence-electron chi connectivity index (χ1n) is 6.23. The summed E-state index contributed by atoms with van der Waals surface area (Å²) >= 11 is 5.21. The van der Waals surface area contributed by atoms with E-state index in [0.717, 1.165) is 30.7 Å². The lowest BCUT2D eigenvalue weighted by molar-refractivity contribution is 0.117. The van der Waals surface area contributed by atoms with Gasteiger partial charge in [0.15, 0.2) is 5.05 Å². The van der Waals surface area contributed by atoms with E-state index < -0.39 is 0 Å². The Bertz CT molecular complexity index is 338. The third-order valence-corrected chi connectivity index (χ3v) is 2.65. The van der Waals surface area contributed by atoms with Crippen LogP contribution in [0.2, 0.25) is 0 Å². The van der Waals surface area contributed by atoms with Gasteiger partial charge in [0.05, 0.1) is 0 Å². The minimum atomic E-state index is -0.156. The van der Waals surface area contributed by atoms with Crippen LogP contribution in [0.3, 0.4) is 0 Å². The van der Waals surface area contributed by atoms with E-state index in [2.05, 4.69) is 30.3 Å². The fourth-order valence-electron chi connectivity index (χ4n) is 1.64. The molecule has 0 fully saturated rings. The summed E-state index contributed by atoms with van der Waals surface area (Å²) in [5.74, 6) is 0. The largest absolute Gasteiger partial charge is 0.482 e. The van der Waals surface area contributed by atoms with Crippen LogP contribution in [-0.4, -0.2) is 10.7 Å². The second-order valence-corrected chi connectivity index (χ2v) is 5.73. The van der Waals surface area contributed by atoms with Gasteiger partial charge in [-0.3, -0.25) is 0 Å². The van der Waals surface area contributed by atoms with Gasteiger partial charge in [0.2, 0.25) is 0 Å². The molecule has 0 aliphatic rings. The normalized spacial score (nSPS) is 11.2. The Morgan fingerprint density at radius 1 is 1.12 bits per heavy atom. The molecule has 1 aromatic carbocycles. The van der Waals surface area contributed by atoms with Crippen LogP contribution < -0.4 is 0 Å². The van der Waals surface area contributed by atoms with Crippen molar-refractivity contribution in [2.75, 3.05) is 0 Å². The maximum atomic E-state index is 5.62. The number of rotatable bonds is 5. The van der Waals surface area contributed by atoms with E-state index in [1.807, 2.05) is 20.8 Å². The van der Waals surface area contributed by atoms with Crippen LogP contribution in [0.4, 0.5) is 0 Å². The Balaban J connectivity index is 2.14. The molecule has 17 heavy (non-hydrogen) atoms. The maximum absolute atomic E-state index is 5.62. The van der Waals surface area contributed by atoms with Crippen LogP contribution in [0.1, 0.15) is 45.6 Å². The fourth-order valence-corrected chi connectivity index (χ4v) is 2.03. The first kappa shape index (κ1) is 14.2. The van der Waals surface area contributed by atoms with E-state index in [1.165, 1.54) is 5.56 Å². The van der Waals surface area contributed by atoms with Gasteiger partial charge in [-0.05, 0) is 57.8 Å². The van der Waals surface area contributed by atoms with Crippen molar-refractivity contribution in [1.82, 2.24) is 0 Å². The summed E-state index contributed by atoms with van der Waals surface area (Å²) in [5, 5.41) is 0.741. The fraction of sp³-hybridized carbons (Fsp3) is 0.533. The molecule has 0 atom stereocenters. The molecular weight excluding hydrogens is 228 g/mol. The Labute approximate surface area is 110 Å². The smallest absolute Gasteiger partial charge is 0.160 e. The Morgan fingerprint density at radius 2 is 1.76 bits per heavy atom. The van der Waals surface area contributed by atoms with Crippen molar-refractivity contribution in [3.63, 3.8) is 0 Å². The number of aryl methyl sites for hydroxylation is 1. The maximum Gasteiger partial charge on any atom is 0.160 e. The second kappa shape index (κ2) is 6.75. The van der Waals surface area contributed by atoms with Crippen molar-refractivity contribution >= 4 is 17.3 Å². The van der Waals surface area contributed by atoms with Gasteiger partial charge in [0, 0.05) is 6.42 Å². The van der Waals surface area contributed by atoms with Gasteiger partial charge in [0.25, 0.3) is 0 Å². The molecule has 0 aliphatic carbocycles. The number of ether oxygens (including phenoxy) is 1. The Hall–Kier alpha value is -0.890. The number of hydrogen-bond acceptors (Lipinski definition) is 2. The first-order chi connectivity index (χ1) is 7.97. The molecule has 1 aromatic rings. The Morgan fingerprint density at radius 3 is 2.35 bits per heavy atom. The van der Waals surface area contributed by atoms with E-state index in [4.69, 9.17) is 17.0 Å². The minimum Gasteiger partial charge on any atom is -0.482 e. The number of hydrogen-bond donors (Lipinski definition) is 0. The molecule has 2 heteroatoms. The first-order valence-corrected chi connectivity index (χ1v) is 6.64. The third kappa shape index (κ3) is 7.11. The van der Waals surface area contributed by atoms with Gasteiger partial charge in [-0.2, -0.15) is 0 Å². The lowest BCUT2D eigenvalue weighted by Gasteiger charge is -2.21. The van der Waals surface area contributed by atoms with Gasteiger partial charge >= 0.3 is 0 Å². The minimum absolute atomic E-state index is 0.156. The molecule has 0 N–H and O–H groups in total. The predicted octanol–water partition coefficient (Wildman–Crippen LogP) is 4.54. The van der Waals surface area contributed by atoms with Crippen molar-refractivity contribution < 1.29 is 4.74 Å². The van der Waals surface area contributed by atoms with E-state index in [-0.39, 0.29) is 5.60 Å². The molecule has 0 heterocycles. The van der Waals surface area contributed by atoms with Crippen molar-refractivity contribution in [3.8, 4) is 0 Å². The molecule has 0 aliphatic heterocycles. The van der Waals surface area contributed by atoms with E-state index in [0.29, 0.717) is 0 Å². The summed E-state index contributed by atoms with van der Waals surface area (Å²) in [6.07, 6.45) is 4.28.